The van der Waals surface area contributed by atoms with E-state index in [1.54, 1.807) is 12.1 Å². The van der Waals surface area contributed by atoms with E-state index in [1.165, 1.54) is 14.0 Å². The van der Waals surface area contributed by atoms with Crippen LogP contribution in [0, 0.1) is 6.92 Å². The molecule has 1 aromatic rings. The Balaban J connectivity index is 2.70. The molecule has 1 atom stereocenters. The van der Waals surface area contributed by atoms with Crippen LogP contribution in [0.4, 0.5) is 0 Å². The zero-order valence-electron chi connectivity index (χ0n) is 9.57. The van der Waals surface area contributed by atoms with E-state index in [-0.39, 0.29) is 5.91 Å². The lowest BCUT2D eigenvalue weighted by Gasteiger charge is -2.13. The van der Waals surface area contributed by atoms with Gasteiger partial charge in [0.05, 0.1) is 7.11 Å². The average Bonchev–Trinajstić information content (AvgIpc) is 2.61. The van der Waals surface area contributed by atoms with Gasteiger partial charge in [0.2, 0.25) is 5.91 Å². The standard InChI is InChI=1S/C11H15NO4/c1-7-4-5-9(16-7)6-10(11(14)15-3)12-8(2)13/h4-5,10H,6H2,1-3H3,(H,12,13). The molecule has 0 saturated heterocycles. The zero-order chi connectivity index (χ0) is 12.1. The molecule has 0 aliphatic rings. The number of nitrogens with one attached hydrogen (secondary N) is 1. The van der Waals surface area contributed by atoms with E-state index in [9.17, 15) is 9.59 Å². The Labute approximate surface area is 93.8 Å². The second-order valence-corrected chi connectivity index (χ2v) is 3.49. The van der Waals surface area contributed by atoms with E-state index in [1.807, 2.05) is 6.92 Å². The Bertz CT molecular complexity index is 383. The molecule has 1 heterocycles. The Hall–Kier alpha value is -1.78. The molecule has 1 aromatic heterocycles. The van der Waals surface area contributed by atoms with Crippen molar-refractivity contribution >= 4 is 11.9 Å². The maximum absolute atomic E-state index is 11.4. The summed E-state index contributed by atoms with van der Waals surface area (Å²) in [5, 5.41) is 2.51. The van der Waals surface area contributed by atoms with Gasteiger partial charge in [0, 0.05) is 13.3 Å². The van der Waals surface area contributed by atoms with Crippen molar-refractivity contribution in [3.63, 3.8) is 0 Å². The largest absolute Gasteiger partial charge is 0.467 e. The van der Waals surface area contributed by atoms with Crippen molar-refractivity contribution in [2.45, 2.75) is 26.3 Å². The second kappa shape index (κ2) is 5.34. The molecule has 1 unspecified atom stereocenters. The summed E-state index contributed by atoms with van der Waals surface area (Å²) < 4.78 is 9.93. The van der Waals surface area contributed by atoms with Crippen molar-refractivity contribution in [2.75, 3.05) is 7.11 Å². The number of amides is 1. The molecule has 88 valence electrons. The number of ether oxygens (including phenoxy) is 1. The summed E-state index contributed by atoms with van der Waals surface area (Å²) in [6, 6.07) is 2.87. The van der Waals surface area contributed by atoms with Crippen LogP contribution in [0.25, 0.3) is 0 Å². The van der Waals surface area contributed by atoms with Crippen LogP contribution in [-0.2, 0) is 20.7 Å². The fourth-order valence-corrected chi connectivity index (χ4v) is 1.38. The van der Waals surface area contributed by atoms with Crippen LogP contribution >= 0.6 is 0 Å². The average molecular weight is 225 g/mol. The van der Waals surface area contributed by atoms with Crippen molar-refractivity contribution in [3.05, 3.63) is 23.7 Å². The summed E-state index contributed by atoms with van der Waals surface area (Å²) in [4.78, 5) is 22.3. The molecule has 0 aromatic carbocycles. The van der Waals surface area contributed by atoms with E-state index in [2.05, 4.69) is 10.1 Å². The topological polar surface area (TPSA) is 68.5 Å². The van der Waals surface area contributed by atoms with Gasteiger partial charge < -0.3 is 14.5 Å². The lowest BCUT2D eigenvalue weighted by Crippen LogP contribution is -2.41. The second-order valence-electron chi connectivity index (χ2n) is 3.49. The summed E-state index contributed by atoms with van der Waals surface area (Å²) in [5.74, 6) is 0.644. The van der Waals surface area contributed by atoms with E-state index < -0.39 is 12.0 Å². The van der Waals surface area contributed by atoms with Crippen LogP contribution in [0.5, 0.6) is 0 Å². The van der Waals surface area contributed by atoms with Gasteiger partial charge in [-0.15, -0.1) is 0 Å². The maximum atomic E-state index is 11.4. The van der Waals surface area contributed by atoms with Crippen LogP contribution in [-0.4, -0.2) is 25.0 Å². The lowest BCUT2D eigenvalue weighted by atomic mass is 10.1. The van der Waals surface area contributed by atoms with Crippen molar-refractivity contribution in [1.29, 1.82) is 0 Å². The first-order valence-corrected chi connectivity index (χ1v) is 4.93. The highest BCUT2D eigenvalue weighted by Gasteiger charge is 2.21. The van der Waals surface area contributed by atoms with Crippen molar-refractivity contribution < 1.29 is 18.7 Å². The molecule has 0 radical (unpaired) electrons. The first-order valence-electron chi connectivity index (χ1n) is 4.93. The molecule has 1 N–H and O–H groups in total. The predicted molar refractivity (Wildman–Crippen MR) is 56.8 cm³/mol. The minimum Gasteiger partial charge on any atom is -0.467 e. The van der Waals surface area contributed by atoms with Gasteiger partial charge in [-0.1, -0.05) is 0 Å². The minimum absolute atomic E-state index is 0.279. The molecule has 1 amide bonds. The Morgan fingerprint density at radius 3 is 2.62 bits per heavy atom. The fraction of sp³-hybridized carbons (Fsp3) is 0.455. The molecule has 5 heteroatoms. The summed E-state index contributed by atoms with van der Waals surface area (Å²) in [5.41, 5.74) is 0. The number of aryl methyl sites for hydroxylation is 1. The van der Waals surface area contributed by atoms with Gasteiger partial charge in [-0.25, -0.2) is 4.79 Å². The Kier molecular flexibility index (Phi) is 4.10. The van der Waals surface area contributed by atoms with Crippen molar-refractivity contribution in [3.8, 4) is 0 Å². The highest BCUT2D eigenvalue weighted by molar-refractivity contribution is 5.83. The molecule has 0 fully saturated rings. The molecule has 0 bridgehead atoms. The van der Waals surface area contributed by atoms with Crippen LogP contribution in [0.2, 0.25) is 0 Å². The SMILES string of the molecule is COC(=O)C(Cc1ccc(C)o1)NC(C)=O. The van der Waals surface area contributed by atoms with Gasteiger partial charge in [-0.3, -0.25) is 4.79 Å². The number of carbonyl (C=O) groups is 2. The van der Waals surface area contributed by atoms with Gasteiger partial charge in [0.25, 0.3) is 0 Å². The summed E-state index contributed by atoms with van der Waals surface area (Å²) >= 11 is 0. The summed E-state index contributed by atoms with van der Waals surface area (Å²) in [7, 11) is 1.28. The van der Waals surface area contributed by atoms with Crippen molar-refractivity contribution in [1.82, 2.24) is 5.32 Å². The van der Waals surface area contributed by atoms with Crippen LogP contribution < -0.4 is 5.32 Å². The number of hydrogen-bond donors (Lipinski definition) is 1. The minimum atomic E-state index is -0.701. The predicted octanol–water partition coefficient (Wildman–Crippen LogP) is 0.808. The molecule has 0 spiro atoms. The highest BCUT2D eigenvalue weighted by Crippen LogP contribution is 2.09. The number of furan rings is 1. The van der Waals surface area contributed by atoms with E-state index in [0.717, 1.165) is 5.76 Å². The van der Waals surface area contributed by atoms with Crippen molar-refractivity contribution in [2.24, 2.45) is 0 Å². The third-order valence-corrected chi connectivity index (χ3v) is 2.06. The normalized spacial score (nSPS) is 11.9. The van der Waals surface area contributed by atoms with E-state index in [4.69, 9.17) is 4.42 Å². The number of carbonyl (C=O) groups excluding carboxylic acids is 2. The van der Waals surface area contributed by atoms with Gasteiger partial charge in [-0.05, 0) is 19.1 Å². The number of esters is 1. The summed E-state index contributed by atoms with van der Waals surface area (Å²) in [6.45, 7) is 3.17. The fourth-order valence-electron chi connectivity index (χ4n) is 1.38. The molecule has 16 heavy (non-hydrogen) atoms. The molecular formula is C11H15NO4. The highest BCUT2D eigenvalue weighted by atomic mass is 16.5. The molecule has 0 saturated carbocycles. The molecule has 0 aliphatic carbocycles. The quantitative estimate of drug-likeness (QED) is 0.770. The molecule has 5 nitrogen and oxygen atoms in total. The van der Waals surface area contributed by atoms with Gasteiger partial charge in [0.1, 0.15) is 17.6 Å². The number of methoxy groups -OCH3 is 1. The zero-order valence-corrected chi connectivity index (χ0v) is 9.57. The van der Waals surface area contributed by atoms with Gasteiger partial charge in [-0.2, -0.15) is 0 Å². The van der Waals surface area contributed by atoms with Crippen LogP contribution in [0.15, 0.2) is 16.5 Å². The monoisotopic (exact) mass is 225 g/mol. The number of hydrogen-bond acceptors (Lipinski definition) is 4. The van der Waals surface area contributed by atoms with E-state index in [0.29, 0.717) is 12.2 Å². The van der Waals surface area contributed by atoms with E-state index >= 15 is 0 Å². The third-order valence-electron chi connectivity index (χ3n) is 2.06. The molecular weight excluding hydrogens is 210 g/mol. The Morgan fingerprint density at radius 2 is 2.19 bits per heavy atom. The third kappa shape index (κ3) is 3.42. The van der Waals surface area contributed by atoms with Crippen LogP contribution in [0.3, 0.4) is 0 Å². The first-order chi connectivity index (χ1) is 7.52. The van der Waals surface area contributed by atoms with Gasteiger partial charge >= 0.3 is 5.97 Å². The van der Waals surface area contributed by atoms with Gasteiger partial charge in [0.15, 0.2) is 0 Å². The molecule has 0 aliphatic heterocycles. The smallest absolute Gasteiger partial charge is 0.328 e. The lowest BCUT2D eigenvalue weighted by molar-refractivity contribution is -0.144. The first kappa shape index (κ1) is 12.3. The molecule has 1 rings (SSSR count). The van der Waals surface area contributed by atoms with Crippen LogP contribution in [0.1, 0.15) is 18.4 Å². The number of rotatable bonds is 4. The Morgan fingerprint density at radius 1 is 1.50 bits per heavy atom. The maximum Gasteiger partial charge on any atom is 0.328 e. The summed E-state index contributed by atoms with van der Waals surface area (Å²) in [6.07, 6.45) is 0.292.